The van der Waals surface area contributed by atoms with Crippen LogP contribution in [-0.2, 0) is 10.3 Å². The SMILES string of the molecule is CCC(CC=Cc1ccccc1)(N=C=O)c1ccccc1. The van der Waals surface area contributed by atoms with Crippen molar-refractivity contribution in [2.75, 3.05) is 0 Å². The highest BCUT2D eigenvalue weighted by atomic mass is 16.1. The molecule has 0 aliphatic rings. The Bertz CT molecular complexity index is 627. The summed E-state index contributed by atoms with van der Waals surface area (Å²) in [6.07, 6.45) is 7.32. The Labute approximate surface area is 125 Å². The van der Waals surface area contributed by atoms with Crippen molar-refractivity contribution in [1.82, 2.24) is 0 Å². The number of nitrogens with zero attached hydrogens (tertiary/aromatic N) is 1. The van der Waals surface area contributed by atoms with Crippen molar-refractivity contribution in [2.45, 2.75) is 25.3 Å². The third-order valence-corrected chi connectivity index (χ3v) is 3.72. The summed E-state index contributed by atoms with van der Waals surface area (Å²) < 4.78 is 0. The van der Waals surface area contributed by atoms with Crippen molar-refractivity contribution in [1.29, 1.82) is 0 Å². The van der Waals surface area contributed by atoms with Gasteiger partial charge in [-0.2, -0.15) is 4.99 Å². The van der Waals surface area contributed by atoms with Crippen LogP contribution in [0.1, 0.15) is 30.9 Å². The molecule has 2 aromatic rings. The Hall–Kier alpha value is -2.44. The number of hydrogen-bond donors (Lipinski definition) is 0. The first-order valence-corrected chi connectivity index (χ1v) is 7.17. The van der Waals surface area contributed by atoms with Crippen molar-refractivity contribution in [2.24, 2.45) is 4.99 Å². The zero-order valence-corrected chi connectivity index (χ0v) is 12.2. The summed E-state index contributed by atoms with van der Waals surface area (Å²) >= 11 is 0. The van der Waals surface area contributed by atoms with Crippen LogP contribution in [0.3, 0.4) is 0 Å². The lowest BCUT2D eigenvalue weighted by molar-refractivity contribution is 0.431. The molecule has 21 heavy (non-hydrogen) atoms. The molecule has 0 fully saturated rings. The van der Waals surface area contributed by atoms with Crippen LogP contribution in [0, 0.1) is 0 Å². The van der Waals surface area contributed by atoms with Gasteiger partial charge in [-0.05, 0) is 24.0 Å². The van der Waals surface area contributed by atoms with Gasteiger partial charge in [0.1, 0.15) is 5.54 Å². The highest BCUT2D eigenvalue weighted by molar-refractivity contribution is 5.49. The molecule has 2 heteroatoms. The van der Waals surface area contributed by atoms with Crippen molar-refractivity contribution in [3.63, 3.8) is 0 Å². The summed E-state index contributed by atoms with van der Waals surface area (Å²) in [4.78, 5) is 15.0. The first-order chi connectivity index (χ1) is 10.3. The van der Waals surface area contributed by atoms with Gasteiger partial charge in [-0.15, -0.1) is 0 Å². The first kappa shape index (κ1) is 15.0. The molecule has 2 aromatic carbocycles. The Balaban J connectivity index is 2.25. The number of carbonyl (C=O) groups excluding carboxylic acids is 1. The van der Waals surface area contributed by atoms with Crippen LogP contribution < -0.4 is 0 Å². The van der Waals surface area contributed by atoms with Crippen LogP contribution >= 0.6 is 0 Å². The minimum atomic E-state index is -0.520. The molecule has 0 aromatic heterocycles. The first-order valence-electron chi connectivity index (χ1n) is 7.17. The molecule has 106 valence electrons. The third kappa shape index (κ3) is 3.77. The molecule has 0 aliphatic heterocycles. The van der Waals surface area contributed by atoms with Crippen LogP contribution in [0.15, 0.2) is 71.7 Å². The minimum Gasteiger partial charge on any atom is -0.211 e. The Morgan fingerprint density at radius 2 is 1.67 bits per heavy atom. The fraction of sp³-hybridized carbons (Fsp3) is 0.211. The second-order valence-electron chi connectivity index (χ2n) is 4.97. The molecule has 0 heterocycles. The molecule has 0 radical (unpaired) electrons. The van der Waals surface area contributed by atoms with E-state index in [-0.39, 0.29) is 0 Å². The Morgan fingerprint density at radius 3 is 2.24 bits per heavy atom. The number of hydrogen-bond acceptors (Lipinski definition) is 2. The van der Waals surface area contributed by atoms with Gasteiger partial charge in [0, 0.05) is 0 Å². The van der Waals surface area contributed by atoms with Crippen molar-refractivity contribution < 1.29 is 4.79 Å². The number of aliphatic imine (C=N–C) groups is 1. The smallest absolute Gasteiger partial charge is 0.211 e. The van der Waals surface area contributed by atoms with E-state index in [9.17, 15) is 4.79 Å². The third-order valence-electron chi connectivity index (χ3n) is 3.72. The van der Waals surface area contributed by atoms with Gasteiger partial charge in [0.25, 0.3) is 0 Å². The van der Waals surface area contributed by atoms with E-state index in [2.05, 4.69) is 29.3 Å². The van der Waals surface area contributed by atoms with Crippen LogP contribution in [0.5, 0.6) is 0 Å². The van der Waals surface area contributed by atoms with E-state index in [1.54, 1.807) is 6.08 Å². The molecule has 0 saturated heterocycles. The predicted molar refractivity (Wildman–Crippen MR) is 86.6 cm³/mol. The van der Waals surface area contributed by atoms with E-state index in [0.29, 0.717) is 6.42 Å². The van der Waals surface area contributed by atoms with Gasteiger partial charge >= 0.3 is 0 Å². The van der Waals surface area contributed by atoms with Gasteiger partial charge in [0.15, 0.2) is 0 Å². The van der Waals surface area contributed by atoms with E-state index in [4.69, 9.17) is 0 Å². The average Bonchev–Trinajstić information content (AvgIpc) is 2.56. The Kier molecular flexibility index (Phi) is 5.25. The van der Waals surface area contributed by atoms with Crippen LogP contribution in [0.2, 0.25) is 0 Å². The zero-order valence-electron chi connectivity index (χ0n) is 12.2. The minimum absolute atomic E-state index is 0.520. The summed E-state index contributed by atoms with van der Waals surface area (Å²) in [5, 5.41) is 0. The lowest BCUT2D eigenvalue weighted by atomic mass is 9.84. The molecule has 0 saturated carbocycles. The zero-order chi connectivity index (χ0) is 15.0. The molecule has 1 unspecified atom stereocenters. The van der Waals surface area contributed by atoms with Gasteiger partial charge < -0.3 is 0 Å². The van der Waals surface area contributed by atoms with Gasteiger partial charge in [-0.3, -0.25) is 0 Å². The van der Waals surface area contributed by atoms with Crippen LogP contribution in [0.4, 0.5) is 0 Å². The van der Waals surface area contributed by atoms with Crippen LogP contribution in [0.25, 0.3) is 6.08 Å². The van der Waals surface area contributed by atoms with E-state index in [1.807, 2.05) is 55.5 Å². The molecule has 0 amide bonds. The molecular formula is C19H19NO. The molecule has 0 spiro atoms. The number of isocyanates is 1. The van der Waals surface area contributed by atoms with Gasteiger partial charge in [0.05, 0.1) is 0 Å². The van der Waals surface area contributed by atoms with Crippen molar-refractivity contribution >= 4 is 12.2 Å². The van der Waals surface area contributed by atoms with E-state index < -0.39 is 5.54 Å². The monoisotopic (exact) mass is 277 g/mol. The van der Waals surface area contributed by atoms with Gasteiger partial charge in [-0.1, -0.05) is 79.7 Å². The lowest BCUT2D eigenvalue weighted by Crippen LogP contribution is -2.21. The topological polar surface area (TPSA) is 29.4 Å². The quantitative estimate of drug-likeness (QED) is 0.554. The van der Waals surface area contributed by atoms with Gasteiger partial charge in [0.2, 0.25) is 6.08 Å². The molecule has 0 N–H and O–H groups in total. The van der Waals surface area contributed by atoms with Crippen molar-refractivity contribution in [3.05, 3.63) is 77.9 Å². The normalized spacial score (nSPS) is 13.6. The molecule has 0 aliphatic carbocycles. The summed E-state index contributed by atoms with van der Waals surface area (Å²) in [6, 6.07) is 20.1. The maximum atomic E-state index is 10.9. The summed E-state index contributed by atoms with van der Waals surface area (Å²) in [6.45, 7) is 2.05. The van der Waals surface area contributed by atoms with E-state index in [0.717, 1.165) is 17.5 Å². The van der Waals surface area contributed by atoms with Crippen LogP contribution in [-0.4, -0.2) is 6.08 Å². The number of rotatable bonds is 6. The second kappa shape index (κ2) is 7.37. The maximum Gasteiger partial charge on any atom is 0.235 e. The predicted octanol–water partition coefficient (Wildman–Crippen LogP) is 4.73. The van der Waals surface area contributed by atoms with E-state index >= 15 is 0 Å². The summed E-state index contributed by atoms with van der Waals surface area (Å²) in [7, 11) is 0. The molecule has 2 nitrogen and oxygen atoms in total. The van der Waals surface area contributed by atoms with E-state index in [1.165, 1.54) is 0 Å². The highest BCUT2D eigenvalue weighted by Crippen LogP contribution is 2.33. The molecule has 2 rings (SSSR count). The largest absolute Gasteiger partial charge is 0.235 e. The van der Waals surface area contributed by atoms with Gasteiger partial charge in [-0.25, -0.2) is 4.79 Å². The molecule has 0 bridgehead atoms. The highest BCUT2D eigenvalue weighted by Gasteiger charge is 2.28. The lowest BCUT2D eigenvalue weighted by Gasteiger charge is -2.26. The summed E-state index contributed by atoms with van der Waals surface area (Å²) in [5.74, 6) is 0. The average molecular weight is 277 g/mol. The molecule has 1 atom stereocenters. The maximum absolute atomic E-state index is 10.9. The fourth-order valence-electron chi connectivity index (χ4n) is 2.45. The Morgan fingerprint density at radius 1 is 1.05 bits per heavy atom. The summed E-state index contributed by atoms with van der Waals surface area (Å²) in [5.41, 5.74) is 1.67. The second-order valence-corrected chi connectivity index (χ2v) is 4.97. The fourth-order valence-corrected chi connectivity index (χ4v) is 2.45. The standard InChI is InChI=1S/C19H19NO/c1-2-19(20-16-21,18-13-7-4-8-14-18)15-9-12-17-10-5-3-6-11-17/h3-14H,2,15H2,1H3. The van der Waals surface area contributed by atoms with Crippen molar-refractivity contribution in [3.8, 4) is 0 Å². The number of benzene rings is 2. The molecular weight excluding hydrogens is 258 g/mol.